The number of fused-ring (bicyclic) bond motifs is 1. The average Bonchev–Trinajstić information content (AvgIpc) is 2.50. The van der Waals surface area contributed by atoms with Crippen LogP contribution in [0.4, 0.5) is 5.69 Å². The Morgan fingerprint density at radius 2 is 1.90 bits per heavy atom. The fourth-order valence-electron chi connectivity index (χ4n) is 2.35. The van der Waals surface area contributed by atoms with Gasteiger partial charge in [-0.1, -0.05) is 41.4 Å². The molecule has 0 aliphatic heterocycles. The average molecular weight is 317 g/mol. The molecule has 4 heteroatoms. The highest BCUT2D eigenvalue weighted by atomic mass is 35.5. The van der Waals surface area contributed by atoms with Crippen LogP contribution >= 0.6 is 23.2 Å². The second-order valence-electron chi connectivity index (χ2n) is 4.92. The molecule has 1 unspecified atom stereocenters. The van der Waals surface area contributed by atoms with Crippen LogP contribution in [0.25, 0.3) is 10.9 Å². The first kappa shape index (κ1) is 14.2. The predicted octanol–water partition coefficient (Wildman–Crippen LogP) is 5.71. The molecule has 0 aliphatic rings. The van der Waals surface area contributed by atoms with Gasteiger partial charge in [-0.2, -0.15) is 0 Å². The molecule has 0 aliphatic carbocycles. The van der Waals surface area contributed by atoms with Gasteiger partial charge in [0.2, 0.25) is 0 Å². The van der Waals surface area contributed by atoms with Crippen molar-refractivity contribution in [2.24, 2.45) is 0 Å². The van der Waals surface area contributed by atoms with Crippen LogP contribution in [0.1, 0.15) is 18.5 Å². The van der Waals surface area contributed by atoms with Gasteiger partial charge in [0, 0.05) is 17.3 Å². The molecular weight excluding hydrogens is 303 g/mol. The van der Waals surface area contributed by atoms with Gasteiger partial charge >= 0.3 is 0 Å². The van der Waals surface area contributed by atoms with E-state index in [1.165, 1.54) is 0 Å². The highest BCUT2D eigenvalue weighted by molar-refractivity contribution is 6.42. The first-order chi connectivity index (χ1) is 10.1. The number of pyridine rings is 1. The number of hydrogen-bond donors (Lipinski definition) is 1. The molecule has 1 atom stereocenters. The SMILES string of the molecule is CC(Nc1ccc2ncccc2c1)c1cccc(Cl)c1Cl. The van der Waals surface area contributed by atoms with Gasteiger partial charge in [-0.15, -0.1) is 0 Å². The largest absolute Gasteiger partial charge is 0.378 e. The van der Waals surface area contributed by atoms with Crippen molar-refractivity contribution in [3.63, 3.8) is 0 Å². The Labute approximate surface area is 133 Å². The lowest BCUT2D eigenvalue weighted by molar-refractivity contribution is 0.885. The third-order valence-electron chi connectivity index (χ3n) is 3.43. The van der Waals surface area contributed by atoms with Crippen LogP contribution < -0.4 is 5.32 Å². The summed E-state index contributed by atoms with van der Waals surface area (Å²) in [5.41, 5.74) is 2.99. The van der Waals surface area contributed by atoms with Crippen molar-refractivity contribution in [2.45, 2.75) is 13.0 Å². The molecule has 106 valence electrons. The molecule has 0 bridgehead atoms. The van der Waals surface area contributed by atoms with Crippen molar-refractivity contribution in [1.82, 2.24) is 4.98 Å². The van der Waals surface area contributed by atoms with Gasteiger partial charge in [-0.3, -0.25) is 4.98 Å². The molecule has 0 saturated heterocycles. The van der Waals surface area contributed by atoms with Crippen molar-refractivity contribution in [3.8, 4) is 0 Å². The molecule has 21 heavy (non-hydrogen) atoms. The summed E-state index contributed by atoms with van der Waals surface area (Å²) in [6, 6.07) is 15.8. The Morgan fingerprint density at radius 3 is 2.76 bits per heavy atom. The number of rotatable bonds is 3. The molecule has 0 saturated carbocycles. The minimum Gasteiger partial charge on any atom is -0.378 e. The van der Waals surface area contributed by atoms with E-state index in [9.17, 15) is 0 Å². The fraction of sp³-hybridized carbons (Fsp3) is 0.118. The Kier molecular flexibility index (Phi) is 4.00. The summed E-state index contributed by atoms with van der Waals surface area (Å²) in [6.45, 7) is 2.06. The maximum atomic E-state index is 6.27. The summed E-state index contributed by atoms with van der Waals surface area (Å²) in [4.78, 5) is 4.32. The molecule has 2 nitrogen and oxygen atoms in total. The second-order valence-corrected chi connectivity index (χ2v) is 5.71. The summed E-state index contributed by atoms with van der Waals surface area (Å²) >= 11 is 12.3. The van der Waals surface area contributed by atoms with Gasteiger partial charge in [0.1, 0.15) is 0 Å². The van der Waals surface area contributed by atoms with Crippen LogP contribution in [0.2, 0.25) is 10.0 Å². The number of aromatic nitrogens is 1. The minimum atomic E-state index is 0.0605. The maximum Gasteiger partial charge on any atom is 0.0703 e. The molecule has 0 fully saturated rings. The Bertz CT molecular complexity index is 787. The van der Waals surface area contributed by atoms with Crippen LogP contribution in [-0.4, -0.2) is 4.98 Å². The summed E-state index contributed by atoms with van der Waals surface area (Å²) in [5, 5.41) is 5.72. The van der Waals surface area contributed by atoms with Gasteiger partial charge < -0.3 is 5.32 Å². The molecule has 0 radical (unpaired) electrons. The Hall–Kier alpha value is -1.77. The number of nitrogens with zero attached hydrogens (tertiary/aromatic N) is 1. The van der Waals surface area contributed by atoms with Crippen LogP contribution in [0, 0.1) is 0 Å². The second kappa shape index (κ2) is 5.92. The molecule has 1 N–H and O–H groups in total. The van der Waals surface area contributed by atoms with E-state index in [1.54, 1.807) is 12.3 Å². The quantitative estimate of drug-likeness (QED) is 0.669. The van der Waals surface area contributed by atoms with E-state index in [1.807, 2.05) is 36.4 Å². The normalized spacial score (nSPS) is 12.3. The van der Waals surface area contributed by atoms with E-state index in [-0.39, 0.29) is 6.04 Å². The molecular formula is C17H14Cl2N2. The van der Waals surface area contributed by atoms with Crippen molar-refractivity contribution in [3.05, 3.63) is 70.3 Å². The lowest BCUT2D eigenvalue weighted by Gasteiger charge is -2.18. The van der Waals surface area contributed by atoms with Crippen molar-refractivity contribution >= 4 is 39.8 Å². The van der Waals surface area contributed by atoms with Crippen LogP contribution in [-0.2, 0) is 0 Å². The predicted molar refractivity (Wildman–Crippen MR) is 90.2 cm³/mol. The first-order valence-corrected chi connectivity index (χ1v) is 7.46. The van der Waals surface area contributed by atoms with E-state index in [0.29, 0.717) is 10.0 Å². The van der Waals surface area contributed by atoms with Crippen molar-refractivity contribution in [2.75, 3.05) is 5.32 Å². The van der Waals surface area contributed by atoms with E-state index in [2.05, 4.69) is 23.3 Å². The zero-order valence-corrected chi connectivity index (χ0v) is 13.0. The summed E-state index contributed by atoms with van der Waals surface area (Å²) in [5.74, 6) is 0. The van der Waals surface area contributed by atoms with Gasteiger partial charge in [0.25, 0.3) is 0 Å². The molecule has 0 amide bonds. The zero-order chi connectivity index (χ0) is 14.8. The molecule has 1 heterocycles. The van der Waals surface area contributed by atoms with Crippen molar-refractivity contribution < 1.29 is 0 Å². The fourth-order valence-corrected chi connectivity index (χ4v) is 2.82. The highest BCUT2D eigenvalue weighted by Crippen LogP contribution is 2.31. The Morgan fingerprint density at radius 1 is 1.05 bits per heavy atom. The molecule has 1 aromatic heterocycles. The highest BCUT2D eigenvalue weighted by Gasteiger charge is 2.11. The van der Waals surface area contributed by atoms with Gasteiger partial charge in [-0.25, -0.2) is 0 Å². The smallest absolute Gasteiger partial charge is 0.0703 e. The molecule has 0 spiro atoms. The number of halogens is 2. The summed E-state index contributed by atoms with van der Waals surface area (Å²) in [7, 11) is 0. The van der Waals surface area contributed by atoms with E-state index >= 15 is 0 Å². The standard InChI is InChI=1S/C17H14Cl2N2/c1-11(14-5-2-6-15(18)17(14)19)21-13-7-8-16-12(10-13)4-3-9-20-16/h2-11,21H,1H3. The number of nitrogens with one attached hydrogen (secondary N) is 1. The number of benzene rings is 2. The summed E-state index contributed by atoms with van der Waals surface area (Å²) in [6.07, 6.45) is 1.80. The van der Waals surface area contributed by atoms with E-state index < -0.39 is 0 Å². The summed E-state index contributed by atoms with van der Waals surface area (Å²) < 4.78 is 0. The lowest BCUT2D eigenvalue weighted by atomic mass is 10.1. The topological polar surface area (TPSA) is 24.9 Å². The van der Waals surface area contributed by atoms with Gasteiger partial charge in [-0.05, 0) is 42.8 Å². The van der Waals surface area contributed by atoms with E-state index in [4.69, 9.17) is 23.2 Å². The maximum absolute atomic E-state index is 6.27. The van der Waals surface area contributed by atoms with Crippen molar-refractivity contribution in [1.29, 1.82) is 0 Å². The van der Waals surface area contributed by atoms with Gasteiger partial charge in [0.05, 0.1) is 21.6 Å². The minimum absolute atomic E-state index is 0.0605. The van der Waals surface area contributed by atoms with Crippen LogP contribution in [0.3, 0.4) is 0 Å². The lowest BCUT2D eigenvalue weighted by Crippen LogP contribution is -2.07. The molecule has 3 aromatic rings. The van der Waals surface area contributed by atoms with Crippen LogP contribution in [0.15, 0.2) is 54.7 Å². The van der Waals surface area contributed by atoms with Gasteiger partial charge in [0.15, 0.2) is 0 Å². The molecule has 2 aromatic carbocycles. The monoisotopic (exact) mass is 316 g/mol. The third-order valence-corrected chi connectivity index (χ3v) is 4.27. The number of hydrogen-bond acceptors (Lipinski definition) is 2. The van der Waals surface area contributed by atoms with E-state index in [0.717, 1.165) is 22.2 Å². The van der Waals surface area contributed by atoms with Crippen LogP contribution in [0.5, 0.6) is 0 Å². The Balaban J connectivity index is 1.89. The molecule has 3 rings (SSSR count). The third kappa shape index (κ3) is 2.97. The number of anilines is 1. The zero-order valence-electron chi connectivity index (χ0n) is 11.5. The first-order valence-electron chi connectivity index (χ1n) is 6.70.